The lowest BCUT2D eigenvalue weighted by Gasteiger charge is -2.19. The fourth-order valence-corrected chi connectivity index (χ4v) is 3.76. The first-order valence-corrected chi connectivity index (χ1v) is 9.29. The Bertz CT molecular complexity index is 1160. The maximum Gasteiger partial charge on any atom is 0.433 e. The van der Waals surface area contributed by atoms with E-state index in [-0.39, 0.29) is 52.5 Å². The molecule has 1 aliphatic rings. The molecule has 0 bridgehead atoms. The van der Waals surface area contributed by atoms with Crippen LogP contribution in [-0.2, 0) is 11.0 Å². The number of pyridine rings is 2. The predicted molar refractivity (Wildman–Crippen MR) is 99.8 cm³/mol. The van der Waals surface area contributed by atoms with Gasteiger partial charge in [0.25, 0.3) is 5.91 Å². The van der Waals surface area contributed by atoms with Gasteiger partial charge in [-0.25, -0.2) is 9.97 Å². The van der Waals surface area contributed by atoms with Crippen LogP contribution in [0.4, 0.5) is 13.2 Å². The van der Waals surface area contributed by atoms with Crippen LogP contribution in [0, 0.1) is 5.92 Å². The van der Waals surface area contributed by atoms with Gasteiger partial charge in [-0.3, -0.25) is 14.0 Å². The Morgan fingerprint density at radius 2 is 2.17 bits per heavy atom. The van der Waals surface area contributed by atoms with Crippen molar-refractivity contribution in [3.05, 3.63) is 35.8 Å². The minimum atomic E-state index is -4.73. The molecule has 158 valence electrons. The summed E-state index contributed by atoms with van der Waals surface area (Å²) in [5.74, 6) is -1.19. The van der Waals surface area contributed by atoms with E-state index in [9.17, 15) is 22.8 Å². The quantitative estimate of drug-likeness (QED) is 0.657. The van der Waals surface area contributed by atoms with Crippen LogP contribution in [0.25, 0.3) is 16.6 Å². The number of primary amides is 1. The third kappa shape index (κ3) is 3.40. The van der Waals surface area contributed by atoms with Crippen LogP contribution >= 0.6 is 0 Å². The SMILES string of the molecule is CC[C@@H]1CC(=O)N[C@@H]1COc1nc(C(F)(F)F)cc2cc(C(N)=O)c3nccn3c12. The molecule has 4 heterocycles. The van der Waals surface area contributed by atoms with Gasteiger partial charge in [0, 0.05) is 24.2 Å². The second-order valence-electron chi connectivity index (χ2n) is 7.15. The molecule has 2 atom stereocenters. The lowest BCUT2D eigenvalue weighted by Crippen LogP contribution is -2.35. The van der Waals surface area contributed by atoms with E-state index in [0.717, 1.165) is 12.5 Å². The molecule has 2 amide bonds. The number of rotatable bonds is 5. The highest BCUT2D eigenvalue weighted by atomic mass is 19.4. The first-order chi connectivity index (χ1) is 14.2. The van der Waals surface area contributed by atoms with Gasteiger partial charge >= 0.3 is 6.18 Å². The zero-order chi connectivity index (χ0) is 21.6. The Morgan fingerprint density at radius 3 is 2.83 bits per heavy atom. The number of hydrogen-bond acceptors (Lipinski definition) is 5. The number of hydrogen-bond donors (Lipinski definition) is 2. The lowest BCUT2D eigenvalue weighted by molar-refractivity contribution is -0.141. The Hall–Kier alpha value is -3.37. The number of halogens is 3. The zero-order valence-corrected chi connectivity index (χ0v) is 15.9. The topological polar surface area (TPSA) is 112 Å². The van der Waals surface area contributed by atoms with E-state index in [1.165, 1.54) is 22.9 Å². The number of ether oxygens (including phenoxy) is 1. The number of imidazole rings is 1. The molecule has 1 saturated heterocycles. The standard InChI is InChI=1S/C19H18F3N5O3/c1-2-9-7-14(28)25-12(9)8-30-18-15-10(6-13(26-18)19(20,21)22)5-11(16(23)29)17-24-3-4-27(15)17/h3-6,9,12H,2,7-8H2,1H3,(H2,23,29)(H,25,28)/t9-,12-/m1/s1. The van der Waals surface area contributed by atoms with Gasteiger partial charge in [-0.15, -0.1) is 0 Å². The van der Waals surface area contributed by atoms with Crippen molar-refractivity contribution >= 4 is 28.4 Å². The maximum absolute atomic E-state index is 13.4. The molecule has 30 heavy (non-hydrogen) atoms. The molecule has 0 spiro atoms. The highest BCUT2D eigenvalue weighted by Gasteiger charge is 2.35. The summed E-state index contributed by atoms with van der Waals surface area (Å²) in [7, 11) is 0. The summed E-state index contributed by atoms with van der Waals surface area (Å²) in [6, 6.07) is 1.74. The molecule has 3 aromatic heterocycles. The van der Waals surface area contributed by atoms with Crippen molar-refractivity contribution in [1.82, 2.24) is 19.7 Å². The second-order valence-corrected chi connectivity index (χ2v) is 7.15. The van der Waals surface area contributed by atoms with Crippen molar-refractivity contribution in [2.75, 3.05) is 6.61 Å². The van der Waals surface area contributed by atoms with Crippen LogP contribution in [0.2, 0.25) is 0 Å². The van der Waals surface area contributed by atoms with Crippen molar-refractivity contribution in [3.63, 3.8) is 0 Å². The van der Waals surface area contributed by atoms with Gasteiger partial charge in [-0.2, -0.15) is 13.2 Å². The number of fused-ring (bicyclic) bond motifs is 3. The summed E-state index contributed by atoms with van der Waals surface area (Å²) in [5.41, 5.74) is 4.59. The number of nitrogens with one attached hydrogen (secondary N) is 1. The maximum atomic E-state index is 13.4. The summed E-state index contributed by atoms with van der Waals surface area (Å²) in [4.78, 5) is 31.2. The summed E-state index contributed by atoms with van der Waals surface area (Å²) >= 11 is 0. The number of carbonyl (C=O) groups excluding carboxylic acids is 2. The van der Waals surface area contributed by atoms with Gasteiger partial charge in [-0.05, 0) is 18.1 Å². The molecule has 3 N–H and O–H groups in total. The third-order valence-corrected chi connectivity index (χ3v) is 5.26. The molecule has 1 aliphatic heterocycles. The Morgan fingerprint density at radius 1 is 1.40 bits per heavy atom. The number of nitrogens with two attached hydrogens (primary N) is 1. The number of amides is 2. The molecular formula is C19H18F3N5O3. The van der Waals surface area contributed by atoms with Gasteiger partial charge in [0.05, 0.1) is 11.6 Å². The van der Waals surface area contributed by atoms with Crippen LogP contribution < -0.4 is 15.8 Å². The molecule has 8 nitrogen and oxygen atoms in total. The third-order valence-electron chi connectivity index (χ3n) is 5.26. The van der Waals surface area contributed by atoms with Crippen LogP contribution in [-0.4, -0.2) is 38.8 Å². The van der Waals surface area contributed by atoms with Crippen LogP contribution in [0.1, 0.15) is 35.8 Å². The highest BCUT2D eigenvalue weighted by Crippen LogP contribution is 2.35. The normalized spacial score (nSPS) is 19.4. The van der Waals surface area contributed by atoms with E-state index in [4.69, 9.17) is 10.5 Å². The van der Waals surface area contributed by atoms with Gasteiger partial charge in [-0.1, -0.05) is 13.3 Å². The fourth-order valence-electron chi connectivity index (χ4n) is 3.76. The Kier molecular flexibility index (Phi) is 4.75. The van der Waals surface area contributed by atoms with E-state index >= 15 is 0 Å². The Balaban J connectivity index is 1.85. The van der Waals surface area contributed by atoms with Crippen LogP contribution in [0.15, 0.2) is 24.5 Å². The van der Waals surface area contributed by atoms with Gasteiger partial charge in [0.2, 0.25) is 11.8 Å². The van der Waals surface area contributed by atoms with Crippen molar-refractivity contribution in [1.29, 1.82) is 0 Å². The van der Waals surface area contributed by atoms with Crippen molar-refractivity contribution in [2.24, 2.45) is 11.7 Å². The molecule has 0 saturated carbocycles. The first kappa shape index (κ1) is 19.9. The van der Waals surface area contributed by atoms with Crippen molar-refractivity contribution in [2.45, 2.75) is 32.0 Å². The predicted octanol–water partition coefficient (Wildman–Crippen LogP) is 2.29. The van der Waals surface area contributed by atoms with Gasteiger partial charge < -0.3 is 15.8 Å². The fraction of sp³-hybridized carbons (Fsp3) is 0.368. The lowest BCUT2D eigenvalue weighted by atomic mass is 9.98. The smallest absolute Gasteiger partial charge is 0.433 e. The average molecular weight is 421 g/mol. The van der Waals surface area contributed by atoms with Crippen molar-refractivity contribution < 1.29 is 27.5 Å². The number of carbonyl (C=O) groups is 2. The van der Waals surface area contributed by atoms with Crippen LogP contribution in [0.5, 0.6) is 5.88 Å². The minimum Gasteiger partial charge on any atom is -0.474 e. The van der Waals surface area contributed by atoms with E-state index in [1.807, 2.05) is 6.92 Å². The van der Waals surface area contributed by atoms with E-state index in [0.29, 0.717) is 6.42 Å². The molecule has 3 aromatic rings. The summed E-state index contributed by atoms with van der Waals surface area (Å²) in [6.07, 6.45) is -0.784. The first-order valence-electron chi connectivity index (χ1n) is 9.29. The zero-order valence-electron chi connectivity index (χ0n) is 15.9. The van der Waals surface area contributed by atoms with Gasteiger partial charge in [0.15, 0.2) is 0 Å². The molecule has 0 aliphatic carbocycles. The van der Waals surface area contributed by atoms with Crippen molar-refractivity contribution in [3.8, 4) is 5.88 Å². The molecule has 4 rings (SSSR count). The largest absolute Gasteiger partial charge is 0.474 e. The number of nitrogens with zero attached hydrogens (tertiary/aromatic N) is 3. The molecule has 0 radical (unpaired) electrons. The highest BCUT2D eigenvalue weighted by molar-refractivity contribution is 6.03. The summed E-state index contributed by atoms with van der Waals surface area (Å²) in [5, 5.41) is 2.86. The van der Waals surface area contributed by atoms with Gasteiger partial charge in [0.1, 0.15) is 23.5 Å². The monoisotopic (exact) mass is 421 g/mol. The average Bonchev–Trinajstić information content (AvgIpc) is 3.30. The Labute approximate surface area is 168 Å². The number of aromatic nitrogens is 3. The summed E-state index contributed by atoms with van der Waals surface area (Å²) < 4.78 is 47.4. The molecular weight excluding hydrogens is 403 g/mol. The molecule has 1 fully saturated rings. The second kappa shape index (κ2) is 7.15. The molecule has 0 aromatic carbocycles. The van der Waals surface area contributed by atoms with E-state index in [2.05, 4.69) is 15.3 Å². The number of alkyl halides is 3. The van der Waals surface area contributed by atoms with E-state index < -0.39 is 17.8 Å². The van der Waals surface area contributed by atoms with Crippen LogP contribution in [0.3, 0.4) is 0 Å². The summed E-state index contributed by atoms with van der Waals surface area (Å²) in [6.45, 7) is 1.89. The van der Waals surface area contributed by atoms with E-state index in [1.54, 1.807) is 0 Å². The minimum absolute atomic E-state index is 0.0179. The molecule has 11 heteroatoms. The molecule has 0 unspecified atom stereocenters.